The van der Waals surface area contributed by atoms with Crippen LogP contribution in [0.15, 0.2) is 24.3 Å². The SMILES string of the molecule is C[C@@H]1CCCCN1Cc1ccc(C(=N)N)cc1. The predicted octanol–water partition coefficient (Wildman–Crippen LogP) is 2.35. The fraction of sp³-hybridized carbons (Fsp3) is 0.500. The molecule has 0 amide bonds. The maximum absolute atomic E-state index is 7.36. The fourth-order valence-electron chi connectivity index (χ4n) is 2.42. The molecule has 0 saturated carbocycles. The lowest BCUT2D eigenvalue weighted by Crippen LogP contribution is -2.36. The van der Waals surface area contributed by atoms with Gasteiger partial charge in [-0.3, -0.25) is 10.3 Å². The summed E-state index contributed by atoms with van der Waals surface area (Å²) < 4.78 is 0. The number of nitrogens with two attached hydrogens (primary N) is 1. The molecule has 1 heterocycles. The molecule has 1 atom stereocenters. The Morgan fingerprint density at radius 2 is 2.06 bits per heavy atom. The molecule has 1 aromatic carbocycles. The topological polar surface area (TPSA) is 53.1 Å². The molecule has 1 saturated heterocycles. The molecule has 1 aromatic rings. The van der Waals surface area contributed by atoms with Crippen LogP contribution in [0.5, 0.6) is 0 Å². The largest absolute Gasteiger partial charge is 0.384 e. The van der Waals surface area contributed by atoms with E-state index in [1.165, 1.54) is 31.4 Å². The highest BCUT2D eigenvalue weighted by atomic mass is 15.2. The number of nitrogens with one attached hydrogen (secondary N) is 1. The Balaban J connectivity index is 2.00. The summed E-state index contributed by atoms with van der Waals surface area (Å²) >= 11 is 0. The van der Waals surface area contributed by atoms with Crippen LogP contribution in [-0.4, -0.2) is 23.3 Å². The molecule has 0 aromatic heterocycles. The summed E-state index contributed by atoms with van der Waals surface area (Å²) in [5, 5.41) is 7.36. The maximum Gasteiger partial charge on any atom is 0.122 e. The van der Waals surface area contributed by atoms with Gasteiger partial charge in [0.05, 0.1) is 0 Å². The third-order valence-electron chi connectivity index (χ3n) is 3.59. The van der Waals surface area contributed by atoms with Crippen LogP contribution in [0.1, 0.15) is 37.3 Å². The molecule has 17 heavy (non-hydrogen) atoms. The van der Waals surface area contributed by atoms with Gasteiger partial charge in [0, 0.05) is 18.2 Å². The van der Waals surface area contributed by atoms with E-state index < -0.39 is 0 Å². The average Bonchev–Trinajstić information content (AvgIpc) is 2.33. The molecule has 3 nitrogen and oxygen atoms in total. The van der Waals surface area contributed by atoms with Crippen molar-refractivity contribution in [3.8, 4) is 0 Å². The molecule has 0 aliphatic carbocycles. The normalized spacial score (nSPS) is 21.4. The van der Waals surface area contributed by atoms with E-state index in [9.17, 15) is 0 Å². The molecule has 1 fully saturated rings. The zero-order chi connectivity index (χ0) is 12.3. The summed E-state index contributed by atoms with van der Waals surface area (Å²) in [7, 11) is 0. The van der Waals surface area contributed by atoms with E-state index >= 15 is 0 Å². The van der Waals surface area contributed by atoms with Crippen LogP contribution in [-0.2, 0) is 6.54 Å². The van der Waals surface area contributed by atoms with Crippen molar-refractivity contribution in [2.75, 3.05) is 6.54 Å². The summed E-state index contributed by atoms with van der Waals surface area (Å²) in [5.74, 6) is 0.142. The number of rotatable bonds is 3. The number of hydrogen-bond donors (Lipinski definition) is 2. The highest BCUT2D eigenvalue weighted by molar-refractivity contribution is 5.94. The first-order valence-electron chi connectivity index (χ1n) is 6.34. The highest BCUT2D eigenvalue weighted by Gasteiger charge is 2.17. The number of amidine groups is 1. The Morgan fingerprint density at radius 3 is 2.65 bits per heavy atom. The van der Waals surface area contributed by atoms with E-state index in [0.29, 0.717) is 6.04 Å². The second-order valence-corrected chi connectivity index (χ2v) is 4.93. The quantitative estimate of drug-likeness (QED) is 0.619. The van der Waals surface area contributed by atoms with Crippen LogP contribution >= 0.6 is 0 Å². The van der Waals surface area contributed by atoms with Crippen LogP contribution in [0, 0.1) is 5.41 Å². The van der Waals surface area contributed by atoms with Gasteiger partial charge in [-0.25, -0.2) is 0 Å². The molecule has 3 heteroatoms. The molecule has 0 spiro atoms. The number of piperidine rings is 1. The summed E-state index contributed by atoms with van der Waals surface area (Å²) in [5.41, 5.74) is 7.56. The van der Waals surface area contributed by atoms with Gasteiger partial charge in [-0.15, -0.1) is 0 Å². The first-order chi connectivity index (χ1) is 8.16. The molecule has 92 valence electrons. The van der Waals surface area contributed by atoms with Crippen molar-refractivity contribution in [3.63, 3.8) is 0 Å². The van der Waals surface area contributed by atoms with E-state index in [0.717, 1.165) is 12.1 Å². The van der Waals surface area contributed by atoms with Gasteiger partial charge in [0.2, 0.25) is 0 Å². The van der Waals surface area contributed by atoms with Crippen molar-refractivity contribution in [1.29, 1.82) is 5.41 Å². The number of benzene rings is 1. The van der Waals surface area contributed by atoms with Gasteiger partial charge in [0.25, 0.3) is 0 Å². The fourth-order valence-corrected chi connectivity index (χ4v) is 2.42. The van der Waals surface area contributed by atoms with Gasteiger partial charge in [0.1, 0.15) is 5.84 Å². The van der Waals surface area contributed by atoms with Gasteiger partial charge in [-0.05, 0) is 31.9 Å². The standard InChI is InChI=1S/C14H21N3/c1-11-4-2-3-9-17(11)10-12-5-7-13(8-6-12)14(15)16/h5-8,11H,2-4,9-10H2,1H3,(H3,15,16)/t11-/m1/s1. The van der Waals surface area contributed by atoms with E-state index in [1.54, 1.807) is 0 Å². The Morgan fingerprint density at radius 1 is 1.35 bits per heavy atom. The van der Waals surface area contributed by atoms with Crippen molar-refractivity contribution >= 4 is 5.84 Å². The second kappa shape index (κ2) is 5.32. The monoisotopic (exact) mass is 231 g/mol. The summed E-state index contributed by atoms with van der Waals surface area (Å²) in [4.78, 5) is 2.53. The maximum atomic E-state index is 7.36. The molecule has 1 aliphatic heterocycles. The Kier molecular flexibility index (Phi) is 3.79. The third-order valence-corrected chi connectivity index (χ3v) is 3.59. The third kappa shape index (κ3) is 3.07. The zero-order valence-electron chi connectivity index (χ0n) is 10.4. The lowest BCUT2D eigenvalue weighted by molar-refractivity contribution is 0.152. The van der Waals surface area contributed by atoms with Gasteiger partial charge < -0.3 is 5.73 Å². The van der Waals surface area contributed by atoms with Crippen LogP contribution in [0.3, 0.4) is 0 Å². The van der Waals surface area contributed by atoms with Crippen molar-refractivity contribution < 1.29 is 0 Å². The molecule has 0 bridgehead atoms. The minimum atomic E-state index is 0.142. The molecule has 1 aliphatic rings. The number of hydrogen-bond acceptors (Lipinski definition) is 2. The van der Waals surface area contributed by atoms with E-state index in [2.05, 4.69) is 24.0 Å². The van der Waals surface area contributed by atoms with Crippen LogP contribution in [0.2, 0.25) is 0 Å². The van der Waals surface area contributed by atoms with E-state index in [-0.39, 0.29) is 5.84 Å². The molecule has 0 unspecified atom stereocenters. The first kappa shape index (κ1) is 12.1. The van der Waals surface area contributed by atoms with Crippen LogP contribution < -0.4 is 5.73 Å². The molecular weight excluding hydrogens is 210 g/mol. The predicted molar refractivity (Wildman–Crippen MR) is 71.2 cm³/mol. The molecule has 2 rings (SSSR count). The first-order valence-corrected chi connectivity index (χ1v) is 6.34. The Labute approximate surface area is 103 Å². The van der Waals surface area contributed by atoms with Crippen LogP contribution in [0.25, 0.3) is 0 Å². The minimum Gasteiger partial charge on any atom is -0.384 e. The van der Waals surface area contributed by atoms with Gasteiger partial charge in [0.15, 0.2) is 0 Å². The van der Waals surface area contributed by atoms with Gasteiger partial charge in [-0.1, -0.05) is 30.7 Å². The second-order valence-electron chi connectivity index (χ2n) is 4.93. The highest BCUT2D eigenvalue weighted by Crippen LogP contribution is 2.19. The van der Waals surface area contributed by atoms with Crippen molar-refractivity contribution in [3.05, 3.63) is 35.4 Å². The van der Waals surface area contributed by atoms with E-state index in [1.807, 2.05) is 12.1 Å². The number of likely N-dealkylation sites (tertiary alicyclic amines) is 1. The molecule has 3 N–H and O–H groups in total. The lowest BCUT2D eigenvalue weighted by atomic mass is 10.0. The minimum absolute atomic E-state index is 0.142. The molecular formula is C14H21N3. The molecule has 0 radical (unpaired) electrons. The summed E-state index contributed by atoms with van der Waals surface area (Å²) in [6.07, 6.45) is 3.99. The lowest BCUT2D eigenvalue weighted by Gasteiger charge is -2.33. The van der Waals surface area contributed by atoms with Crippen molar-refractivity contribution in [2.45, 2.75) is 38.8 Å². The Hall–Kier alpha value is -1.35. The van der Waals surface area contributed by atoms with Crippen molar-refractivity contribution in [2.24, 2.45) is 5.73 Å². The number of nitrogens with zero attached hydrogens (tertiary/aromatic N) is 1. The summed E-state index contributed by atoms with van der Waals surface area (Å²) in [6.45, 7) is 4.53. The summed E-state index contributed by atoms with van der Waals surface area (Å²) in [6, 6.07) is 8.73. The number of nitrogen functional groups attached to an aromatic ring is 1. The van der Waals surface area contributed by atoms with Gasteiger partial charge >= 0.3 is 0 Å². The Bertz CT molecular complexity index is 383. The average molecular weight is 231 g/mol. The van der Waals surface area contributed by atoms with Gasteiger partial charge in [-0.2, -0.15) is 0 Å². The van der Waals surface area contributed by atoms with E-state index in [4.69, 9.17) is 11.1 Å². The smallest absolute Gasteiger partial charge is 0.122 e. The zero-order valence-corrected chi connectivity index (χ0v) is 10.4. The van der Waals surface area contributed by atoms with Crippen LogP contribution in [0.4, 0.5) is 0 Å². The van der Waals surface area contributed by atoms with Crippen molar-refractivity contribution in [1.82, 2.24) is 4.90 Å².